The quantitative estimate of drug-likeness (QED) is 0.782. The highest BCUT2D eigenvalue weighted by molar-refractivity contribution is 7.89. The molecule has 1 atom stereocenters. The van der Waals surface area contributed by atoms with Crippen LogP contribution in [0, 0.1) is 0 Å². The Morgan fingerprint density at radius 2 is 2.24 bits per heavy atom. The molecule has 7 heteroatoms. The maximum atomic E-state index is 11.9. The summed E-state index contributed by atoms with van der Waals surface area (Å²) >= 11 is 0. The number of aryl methyl sites for hydroxylation is 1. The van der Waals surface area contributed by atoms with Gasteiger partial charge in [0.2, 0.25) is 0 Å². The zero-order chi connectivity index (χ0) is 13.1. The normalized spacial score (nSPS) is 13.5. The standard InChI is InChI=1S/C10H16N2O4S/c1-3-5-8(10(13)14)11-17(15,16)9-6-4-7-12(9)2/h4,6-8,11H,3,5H2,1-2H3,(H,13,14). The van der Waals surface area contributed by atoms with Crippen LogP contribution in [0.5, 0.6) is 0 Å². The summed E-state index contributed by atoms with van der Waals surface area (Å²) in [6.07, 6.45) is 2.44. The largest absolute Gasteiger partial charge is 0.480 e. The predicted molar refractivity (Wildman–Crippen MR) is 62.1 cm³/mol. The fraction of sp³-hybridized carbons (Fsp3) is 0.500. The maximum Gasteiger partial charge on any atom is 0.321 e. The van der Waals surface area contributed by atoms with Crippen molar-refractivity contribution in [2.45, 2.75) is 30.8 Å². The minimum atomic E-state index is -3.78. The summed E-state index contributed by atoms with van der Waals surface area (Å²) in [6, 6.07) is 1.93. The Labute approximate surface area is 100 Å². The van der Waals surface area contributed by atoms with Crippen LogP contribution in [0.3, 0.4) is 0 Å². The van der Waals surface area contributed by atoms with Gasteiger partial charge < -0.3 is 9.67 Å². The molecule has 0 fully saturated rings. The summed E-state index contributed by atoms with van der Waals surface area (Å²) in [5.74, 6) is -1.16. The van der Waals surface area contributed by atoms with Crippen LogP contribution in [-0.2, 0) is 21.9 Å². The SMILES string of the molecule is CCCC(NS(=O)(=O)c1cccn1C)C(=O)O. The number of nitrogens with one attached hydrogen (secondary N) is 1. The van der Waals surface area contributed by atoms with Gasteiger partial charge >= 0.3 is 5.97 Å². The summed E-state index contributed by atoms with van der Waals surface area (Å²) in [5, 5.41) is 8.96. The van der Waals surface area contributed by atoms with Gasteiger partial charge in [0.25, 0.3) is 10.0 Å². The van der Waals surface area contributed by atoms with Crippen LogP contribution >= 0.6 is 0 Å². The minimum absolute atomic E-state index is 0.0554. The first kappa shape index (κ1) is 13.7. The van der Waals surface area contributed by atoms with Crippen LogP contribution in [0.2, 0.25) is 0 Å². The molecule has 0 aliphatic heterocycles. The van der Waals surface area contributed by atoms with E-state index in [0.29, 0.717) is 6.42 Å². The fourth-order valence-corrected chi connectivity index (χ4v) is 2.91. The third-order valence-corrected chi connectivity index (χ3v) is 3.91. The highest BCUT2D eigenvalue weighted by Gasteiger charge is 2.25. The Morgan fingerprint density at radius 1 is 1.59 bits per heavy atom. The molecule has 1 unspecified atom stereocenters. The van der Waals surface area contributed by atoms with E-state index in [1.807, 2.05) is 0 Å². The number of carboxylic acids is 1. The average Bonchev–Trinajstić information content (AvgIpc) is 2.64. The van der Waals surface area contributed by atoms with Crippen molar-refractivity contribution >= 4 is 16.0 Å². The molecule has 2 N–H and O–H groups in total. The van der Waals surface area contributed by atoms with Crippen LogP contribution in [0.15, 0.2) is 23.4 Å². The Balaban J connectivity index is 2.93. The van der Waals surface area contributed by atoms with E-state index in [0.717, 1.165) is 0 Å². The lowest BCUT2D eigenvalue weighted by Gasteiger charge is -2.14. The average molecular weight is 260 g/mol. The first-order valence-corrected chi connectivity index (χ1v) is 6.73. The molecule has 0 spiro atoms. The molecule has 1 aromatic heterocycles. The lowest BCUT2D eigenvalue weighted by atomic mass is 10.2. The fourth-order valence-electron chi connectivity index (χ4n) is 1.49. The first-order valence-electron chi connectivity index (χ1n) is 5.25. The topological polar surface area (TPSA) is 88.4 Å². The molecule has 17 heavy (non-hydrogen) atoms. The Hall–Kier alpha value is -1.34. The van der Waals surface area contributed by atoms with E-state index in [2.05, 4.69) is 4.72 Å². The molecule has 1 aromatic rings. The van der Waals surface area contributed by atoms with E-state index in [-0.39, 0.29) is 11.4 Å². The van der Waals surface area contributed by atoms with Crippen LogP contribution in [0.1, 0.15) is 19.8 Å². The van der Waals surface area contributed by atoms with Crippen molar-refractivity contribution in [1.29, 1.82) is 0 Å². The number of nitrogens with zero attached hydrogens (tertiary/aromatic N) is 1. The number of hydrogen-bond acceptors (Lipinski definition) is 3. The molecule has 1 rings (SSSR count). The van der Waals surface area contributed by atoms with Gasteiger partial charge in [-0.3, -0.25) is 4.79 Å². The smallest absolute Gasteiger partial charge is 0.321 e. The van der Waals surface area contributed by atoms with E-state index in [9.17, 15) is 13.2 Å². The summed E-state index contributed by atoms with van der Waals surface area (Å²) < 4.78 is 27.4. The molecule has 0 radical (unpaired) electrons. The summed E-state index contributed by atoms with van der Waals surface area (Å²) in [5.41, 5.74) is 0. The molecule has 0 saturated heterocycles. The van der Waals surface area contributed by atoms with Crippen molar-refractivity contribution in [3.8, 4) is 0 Å². The Morgan fingerprint density at radius 3 is 2.65 bits per heavy atom. The lowest BCUT2D eigenvalue weighted by molar-refractivity contribution is -0.139. The molecule has 0 amide bonds. The van der Waals surface area contributed by atoms with Crippen molar-refractivity contribution in [2.24, 2.45) is 7.05 Å². The maximum absolute atomic E-state index is 11.9. The molecular formula is C10H16N2O4S. The van der Waals surface area contributed by atoms with E-state index >= 15 is 0 Å². The Bertz CT molecular complexity index is 492. The molecule has 0 bridgehead atoms. The predicted octanol–water partition coefficient (Wildman–Crippen LogP) is 0.557. The van der Waals surface area contributed by atoms with Gasteiger partial charge in [0.15, 0.2) is 0 Å². The summed E-state index contributed by atoms with van der Waals surface area (Å²) in [4.78, 5) is 10.9. The highest BCUT2D eigenvalue weighted by atomic mass is 32.2. The van der Waals surface area contributed by atoms with Crippen LogP contribution in [-0.4, -0.2) is 30.1 Å². The third kappa shape index (κ3) is 3.31. The van der Waals surface area contributed by atoms with Crippen LogP contribution in [0.25, 0.3) is 0 Å². The molecule has 0 aliphatic carbocycles. The van der Waals surface area contributed by atoms with Crippen molar-refractivity contribution in [3.63, 3.8) is 0 Å². The van der Waals surface area contributed by atoms with E-state index in [1.165, 1.54) is 10.6 Å². The summed E-state index contributed by atoms with van der Waals surface area (Å²) in [7, 11) is -2.19. The monoisotopic (exact) mass is 260 g/mol. The summed E-state index contributed by atoms with van der Waals surface area (Å²) in [6.45, 7) is 1.80. The van der Waals surface area contributed by atoms with Gasteiger partial charge in [0.1, 0.15) is 11.1 Å². The minimum Gasteiger partial charge on any atom is -0.480 e. The Kier molecular flexibility index (Phi) is 4.30. The van der Waals surface area contributed by atoms with Crippen LogP contribution < -0.4 is 4.72 Å². The molecule has 0 saturated carbocycles. The number of aromatic nitrogens is 1. The number of hydrogen-bond donors (Lipinski definition) is 2. The molecule has 6 nitrogen and oxygen atoms in total. The number of carboxylic acid groups (broad SMARTS) is 1. The second-order valence-electron chi connectivity index (χ2n) is 3.76. The third-order valence-electron chi connectivity index (χ3n) is 2.34. The number of aliphatic carboxylic acids is 1. The number of carbonyl (C=O) groups is 1. The first-order chi connectivity index (χ1) is 7.88. The van der Waals surface area contributed by atoms with Gasteiger partial charge in [-0.1, -0.05) is 13.3 Å². The van der Waals surface area contributed by atoms with Gasteiger partial charge in [-0.05, 0) is 18.6 Å². The highest BCUT2D eigenvalue weighted by Crippen LogP contribution is 2.10. The van der Waals surface area contributed by atoms with Crippen molar-refractivity contribution in [3.05, 3.63) is 18.3 Å². The van der Waals surface area contributed by atoms with Gasteiger partial charge in [0.05, 0.1) is 0 Å². The number of rotatable bonds is 6. The molecule has 1 heterocycles. The molecule has 96 valence electrons. The zero-order valence-electron chi connectivity index (χ0n) is 9.75. The van der Waals surface area contributed by atoms with Gasteiger partial charge in [-0.2, -0.15) is 4.72 Å². The molecule has 0 aromatic carbocycles. The van der Waals surface area contributed by atoms with Gasteiger partial charge in [0, 0.05) is 13.2 Å². The van der Waals surface area contributed by atoms with Gasteiger partial charge in [-0.25, -0.2) is 8.42 Å². The van der Waals surface area contributed by atoms with E-state index < -0.39 is 22.0 Å². The van der Waals surface area contributed by atoms with Crippen molar-refractivity contribution in [2.75, 3.05) is 0 Å². The van der Waals surface area contributed by atoms with Crippen molar-refractivity contribution in [1.82, 2.24) is 9.29 Å². The second-order valence-corrected chi connectivity index (χ2v) is 5.42. The molecule has 0 aliphatic rings. The van der Waals surface area contributed by atoms with Crippen molar-refractivity contribution < 1.29 is 18.3 Å². The molecular weight excluding hydrogens is 244 g/mol. The van der Waals surface area contributed by atoms with E-state index in [1.54, 1.807) is 26.2 Å². The second kappa shape index (κ2) is 5.33. The van der Waals surface area contributed by atoms with Gasteiger partial charge in [-0.15, -0.1) is 0 Å². The van der Waals surface area contributed by atoms with E-state index in [4.69, 9.17) is 5.11 Å². The lowest BCUT2D eigenvalue weighted by Crippen LogP contribution is -2.41. The van der Waals surface area contributed by atoms with Crippen LogP contribution in [0.4, 0.5) is 0 Å². The zero-order valence-corrected chi connectivity index (χ0v) is 10.6. The number of sulfonamides is 1.